The summed E-state index contributed by atoms with van der Waals surface area (Å²) in [5, 5.41) is 0. The van der Waals surface area contributed by atoms with Gasteiger partial charge < -0.3 is 0 Å². The number of nitrogens with one attached hydrogen (secondary N) is 1. The van der Waals surface area contributed by atoms with Crippen LogP contribution in [0.2, 0.25) is 0 Å². The van der Waals surface area contributed by atoms with Gasteiger partial charge in [0.1, 0.15) is 0 Å². The number of hydrogen-bond acceptors (Lipinski definition) is 4. The molecule has 14 heavy (non-hydrogen) atoms. The van der Waals surface area contributed by atoms with Gasteiger partial charge in [0, 0.05) is 0 Å². The molecule has 0 aliphatic heterocycles. The normalized spacial score (nSPS) is 10.5. The molecule has 0 aliphatic carbocycles. The summed E-state index contributed by atoms with van der Waals surface area (Å²) in [5.41, 5.74) is 1.73. The van der Waals surface area contributed by atoms with E-state index < -0.39 is 16.0 Å². The van der Waals surface area contributed by atoms with E-state index in [0.29, 0.717) is 0 Å². The molecule has 0 heterocycles. The van der Waals surface area contributed by atoms with Crippen LogP contribution in [-0.4, -0.2) is 20.1 Å². The molecule has 0 saturated carbocycles. The molecule has 0 atom stereocenters. The van der Waals surface area contributed by atoms with Crippen molar-refractivity contribution in [3.63, 3.8) is 0 Å². The zero-order chi connectivity index (χ0) is 10.5. The van der Waals surface area contributed by atoms with Crippen LogP contribution in [-0.2, 0) is 19.2 Å². The minimum absolute atomic E-state index is 0. The van der Waals surface area contributed by atoms with Crippen LogP contribution in [0.5, 0.6) is 0 Å². The summed E-state index contributed by atoms with van der Waals surface area (Å²) in [6.45, 7) is 6.60. The Morgan fingerprint density at radius 2 is 2.07 bits per heavy atom. The molecule has 0 aromatic rings. The Labute approximate surface area is 127 Å². The van der Waals surface area contributed by atoms with Crippen molar-refractivity contribution in [1.29, 1.82) is 0 Å². The standard InChI is InChI=1S/C7H13NO4S.K/c1-4-7(9)8-12-13(10,11)5-6(2)3;/h4,6H,1,5H2,2-3H3,(H,8,9);/q;+1. The van der Waals surface area contributed by atoms with E-state index in [1.807, 2.05) is 0 Å². The quantitative estimate of drug-likeness (QED) is 0.323. The largest absolute Gasteiger partial charge is 1.00 e. The fourth-order valence-electron chi connectivity index (χ4n) is 0.588. The van der Waals surface area contributed by atoms with Crippen LogP contribution in [0.1, 0.15) is 13.8 Å². The van der Waals surface area contributed by atoms with Gasteiger partial charge in [0.05, 0.1) is 5.75 Å². The SMILES string of the molecule is C=CC(=O)NOS(=O)(=O)CC(C)C.[K+]. The molecule has 0 fully saturated rings. The minimum atomic E-state index is -3.67. The summed E-state index contributed by atoms with van der Waals surface area (Å²) >= 11 is 0. The molecule has 0 radical (unpaired) electrons. The molecule has 0 aromatic heterocycles. The second-order valence-electron chi connectivity index (χ2n) is 2.87. The predicted molar refractivity (Wildman–Crippen MR) is 48.0 cm³/mol. The molecule has 0 rings (SSSR count). The van der Waals surface area contributed by atoms with E-state index >= 15 is 0 Å². The first-order valence-corrected chi connectivity index (χ1v) is 5.28. The summed E-state index contributed by atoms with van der Waals surface area (Å²) in [4.78, 5) is 10.5. The third-order valence-electron chi connectivity index (χ3n) is 0.992. The first kappa shape index (κ1) is 17.2. The van der Waals surface area contributed by atoms with Crippen LogP contribution < -0.4 is 56.9 Å². The Kier molecular flexibility index (Phi) is 9.77. The summed E-state index contributed by atoms with van der Waals surface area (Å²) in [6.07, 6.45) is 0.922. The van der Waals surface area contributed by atoms with Crippen molar-refractivity contribution in [2.75, 3.05) is 5.75 Å². The summed E-state index contributed by atoms with van der Waals surface area (Å²) in [5.74, 6) is -0.872. The molecular weight excluding hydrogens is 233 g/mol. The van der Waals surface area contributed by atoms with Crippen LogP contribution >= 0.6 is 0 Å². The van der Waals surface area contributed by atoms with Gasteiger partial charge in [-0.15, -0.1) is 4.28 Å². The minimum Gasteiger partial charge on any atom is -0.268 e. The zero-order valence-electron chi connectivity index (χ0n) is 8.61. The van der Waals surface area contributed by atoms with Gasteiger partial charge in [-0.3, -0.25) is 4.79 Å². The Morgan fingerprint density at radius 1 is 1.57 bits per heavy atom. The maximum absolute atomic E-state index is 11.0. The second kappa shape index (κ2) is 7.97. The maximum Gasteiger partial charge on any atom is 1.00 e. The van der Waals surface area contributed by atoms with E-state index in [1.165, 1.54) is 0 Å². The van der Waals surface area contributed by atoms with Crippen molar-refractivity contribution < 1.29 is 68.9 Å². The first-order chi connectivity index (χ1) is 5.87. The Morgan fingerprint density at radius 3 is 2.43 bits per heavy atom. The number of rotatable bonds is 5. The van der Waals surface area contributed by atoms with Gasteiger partial charge >= 0.3 is 51.4 Å². The van der Waals surface area contributed by atoms with Crippen LogP contribution in [0.3, 0.4) is 0 Å². The molecule has 0 unspecified atom stereocenters. The van der Waals surface area contributed by atoms with Crippen molar-refractivity contribution in [2.45, 2.75) is 13.8 Å². The summed E-state index contributed by atoms with van der Waals surface area (Å²) in [7, 11) is -3.67. The number of carbonyl (C=O) groups excluding carboxylic acids is 1. The molecule has 0 aromatic carbocycles. The number of hydrogen-bond donors (Lipinski definition) is 1. The molecule has 5 nitrogen and oxygen atoms in total. The Bertz CT molecular complexity index is 286. The van der Waals surface area contributed by atoms with Gasteiger partial charge in [-0.2, -0.15) is 8.42 Å². The van der Waals surface area contributed by atoms with Crippen LogP contribution in [0.4, 0.5) is 0 Å². The average molecular weight is 246 g/mol. The van der Waals surface area contributed by atoms with E-state index in [1.54, 1.807) is 19.3 Å². The van der Waals surface area contributed by atoms with Crippen LogP contribution in [0.25, 0.3) is 0 Å². The molecule has 1 amide bonds. The number of amides is 1. The number of hydroxylamine groups is 1. The van der Waals surface area contributed by atoms with Crippen molar-refractivity contribution in [2.24, 2.45) is 5.92 Å². The van der Waals surface area contributed by atoms with Gasteiger partial charge in [0.2, 0.25) is 0 Å². The summed E-state index contributed by atoms with van der Waals surface area (Å²) in [6, 6.07) is 0. The first-order valence-electron chi connectivity index (χ1n) is 3.71. The summed E-state index contributed by atoms with van der Waals surface area (Å²) < 4.78 is 26.2. The molecule has 0 bridgehead atoms. The van der Waals surface area contributed by atoms with E-state index in [4.69, 9.17) is 0 Å². The van der Waals surface area contributed by atoms with E-state index in [2.05, 4.69) is 10.9 Å². The Balaban J connectivity index is 0. The fourth-order valence-corrected chi connectivity index (χ4v) is 1.68. The van der Waals surface area contributed by atoms with Crippen LogP contribution in [0.15, 0.2) is 12.7 Å². The van der Waals surface area contributed by atoms with Gasteiger partial charge in [-0.25, -0.2) is 5.48 Å². The zero-order valence-corrected chi connectivity index (χ0v) is 12.5. The monoisotopic (exact) mass is 246 g/mol. The van der Waals surface area contributed by atoms with Gasteiger partial charge in [0.25, 0.3) is 16.0 Å². The van der Waals surface area contributed by atoms with E-state index in [0.717, 1.165) is 6.08 Å². The number of carbonyl (C=O) groups is 1. The third-order valence-corrected chi connectivity index (χ3v) is 2.40. The van der Waals surface area contributed by atoms with E-state index in [9.17, 15) is 13.2 Å². The smallest absolute Gasteiger partial charge is 0.268 e. The molecule has 0 spiro atoms. The van der Waals surface area contributed by atoms with Crippen molar-refractivity contribution >= 4 is 16.0 Å². The maximum atomic E-state index is 11.0. The molecule has 1 N–H and O–H groups in total. The van der Waals surface area contributed by atoms with Gasteiger partial charge in [-0.1, -0.05) is 20.4 Å². The molecule has 0 saturated heterocycles. The van der Waals surface area contributed by atoms with Crippen molar-refractivity contribution in [3.05, 3.63) is 12.7 Å². The fraction of sp³-hybridized carbons (Fsp3) is 0.571. The van der Waals surface area contributed by atoms with Gasteiger partial charge in [0.15, 0.2) is 0 Å². The third kappa shape index (κ3) is 9.32. The van der Waals surface area contributed by atoms with Gasteiger partial charge in [-0.05, 0) is 12.0 Å². The molecule has 76 valence electrons. The van der Waals surface area contributed by atoms with E-state index in [-0.39, 0.29) is 63.1 Å². The van der Waals surface area contributed by atoms with Crippen LogP contribution in [0, 0.1) is 5.92 Å². The second-order valence-corrected chi connectivity index (χ2v) is 4.49. The average Bonchev–Trinajstić information content (AvgIpc) is 1.98. The van der Waals surface area contributed by atoms with Crippen molar-refractivity contribution in [3.8, 4) is 0 Å². The molecule has 7 heteroatoms. The predicted octanol–water partition coefficient (Wildman–Crippen LogP) is -2.79. The molecule has 0 aliphatic rings. The molecular formula is C7H13KNO4S+. The Hall–Kier alpha value is 0.756. The topological polar surface area (TPSA) is 72.5 Å². The van der Waals surface area contributed by atoms with Crippen molar-refractivity contribution in [1.82, 2.24) is 5.48 Å².